The lowest BCUT2D eigenvalue weighted by Crippen LogP contribution is -2.10. The zero-order valence-corrected chi connectivity index (χ0v) is 19.9. The molecule has 0 aliphatic rings. The molecule has 0 saturated heterocycles. The van der Waals surface area contributed by atoms with E-state index in [4.69, 9.17) is 32.7 Å². The number of unbranched alkanes of at least 4 members (excludes halogenated alkanes) is 13. The van der Waals surface area contributed by atoms with E-state index >= 15 is 0 Å². The van der Waals surface area contributed by atoms with Gasteiger partial charge in [0.25, 0.3) is 0 Å². The van der Waals surface area contributed by atoms with Gasteiger partial charge in [0.15, 0.2) is 0 Å². The first-order valence-corrected chi connectivity index (χ1v) is 12.5. The Hall–Kier alpha value is -0.480. The fraction of sp³-hybridized carbons (Fsp3) is 0.913. The van der Waals surface area contributed by atoms with Gasteiger partial charge in [0.05, 0.1) is 6.61 Å². The van der Waals surface area contributed by atoms with Crippen molar-refractivity contribution in [2.45, 2.75) is 121 Å². The van der Waals surface area contributed by atoms with Crippen LogP contribution in [0.15, 0.2) is 0 Å². The van der Waals surface area contributed by atoms with Gasteiger partial charge in [-0.05, 0) is 19.3 Å². The smallest absolute Gasteiger partial charge is 0.305 e. The third-order valence-electron chi connectivity index (χ3n) is 4.89. The first-order valence-electron chi connectivity index (χ1n) is 11.7. The Morgan fingerprint density at radius 3 is 1.48 bits per heavy atom. The highest BCUT2D eigenvalue weighted by atomic mass is 35.5. The Bertz CT molecular complexity index is 389. The van der Waals surface area contributed by atoms with Crippen LogP contribution in [0, 0.1) is 0 Å². The largest absolute Gasteiger partial charge is 0.466 e. The van der Waals surface area contributed by atoms with Crippen molar-refractivity contribution in [2.24, 2.45) is 0 Å². The lowest BCUT2D eigenvalue weighted by Gasteiger charge is -2.06. The molecule has 0 aliphatic carbocycles. The van der Waals surface area contributed by atoms with Crippen molar-refractivity contribution in [3.8, 4) is 0 Å². The molecule has 0 spiro atoms. The normalized spacial score (nSPS) is 11.0. The van der Waals surface area contributed by atoms with Crippen LogP contribution in [0.2, 0.25) is 0 Å². The van der Waals surface area contributed by atoms with Crippen LogP contribution in [0.4, 0.5) is 0 Å². The van der Waals surface area contributed by atoms with Crippen LogP contribution < -0.4 is 0 Å². The number of hydrogen-bond acceptors (Lipinski definition) is 4. The van der Waals surface area contributed by atoms with Crippen molar-refractivity contribution in [1.82, 2.24) is 0 Å². The SMILES string of the molecule is CCCCCCCCCCCCCCCOC(=O)CCCCC(=O)OCC(Cl)Cl. The second kappa shape index (κ2) is 22.2. The summed E-state index contributed by atoms with van der Waals surface area (Å²) < 4.78 is 10.1. The molecule has 0 aromatic heterocycles. The molecule has 0 bridgehead atoms. The Labute approximate surface area is 188 Å². The summed E-state index contributed by atoms with van der Waals surface area (Å²) in [6.07, 6.45) is 18.8. The Balaban J connectivity index is 3.25. The lowest BCUT2D eigenvalue weighted by molar-refractivity contribution is -0.145. The van der Waals surface area contributed by atoms with Gasteiger partial charge in [0, 0.05) is 12.8 Å². The summed E-state index contributed by atoms with van der Waals surface area (Å²) in [6.45, 7) is 2.77. The average Bonchev–Trinajstić information content (AvgIpc) is 2.70. The summed E-state index contributed by atoms with van der Waals surface area (Å²) in [4.78, 5) is 22.3. The van der Waals surface area contributed by atoms with E-state index in [1.165, 1.54) is 70.6 Å². The minimum Gasteiger partial charge on any atom is -0.466 e. The van der Waals surface area contributed by atoms with E-state index in [2.05, 4.69) is 6.92 Å². The Morgan fingerprint density at radius 1 is 0.621 bits per heavy atom. The molecule has 0 fully saturated rings. The number of rotatable bonds is 21. The molecule has 29 heavy (non-hydrogen) atoms. The maximum Gasteiger partial charge on any atom is 0.305 e. The van der Waals surface area contributed by atoms with Crippen molar-refractivity contribution in [1.29, 1.82) is 0 Å². The Kier molecular flexibility index (Phi) is 21.8. The number of ether oxygens (including phenoxy) is 2. The van der Waals surface area contributed by atoms with Crippen LogP contribution in [0.5, 0.6) is 0 Å². The molecule has 0 amide bonds. The van der Waals surface area contributed by atoms with Crippen molar-refractivity contribution in [3.05, 3.63) is 0 Å². The molecule has 4 nitrogen and oxygen atoms in total. The van der Waals surface area contributed by atoms with E-state index in [1.807, 2.05) is 0 Å². The molecule has 0 N–H and O–H groups in total. The van der Waals surface area contributed by atoms with E-state index in [9.17, 15) is 9.59 Å². The van der Waals surface area contributed by atoms with Gasteiger partial charge in [-0.1, -0.05) is 84.0 Å². The predicted octanol–water partition coefficient (Wildman–Crippen LogP) is 7.53. The van der Waals surface area contributed by atoms with Gasteiger partial charge in [-0.2, -0.15) is 0 Å². The summed E-state index contributed by atoms with van der Waals surface area (Å²) in [7, 11) is 0. The summed E-state index contributed by atoms with van der Waals surface area (Å²) in [6, 6.07) is 0. The highest BCUT2D eigenvalue weighted by molar-refractivity contribution is 6.44. The highest BCUT2D eigenvalue weighted by Gasteiger charge is 2.08. The molecule has 0 heterocycles. The second-order valence-corrected chi connectivity index (χ2v) is 9.02. The van der Waals surface area contributed by atoms with Crippen LogP contribution in [0.25, 0.3) is 0 Å². The molecule has 0 rings (SSSR count). The highest BCUT2D eigenvalue weighted by Crippen LogP contribution is 2.12. The standard InChI is InChI=1S/C23H42Cl2O4/c1-2-3-4-5-6-7-8-9-10-11-12-13-16-19-28-22(26)17-14-15-18-23(27)29-20-21(24)25/h21H,2-20H2,1H3. The number of carbonyl (C=O) groups excluding carboxylic acids is 2. The van der Waals surface area contributed by atoms with Gasteiger partial charge in [-0.25, -0.2) is 0 Å². The first-order chi connectivity index (χ1) is 14.1. The Morgan fingerprint density at radius 2 is 1.03 bits per heavy atom. The van der Waals surface area contributed by atoms with Gasteiger partial charge >= 0.3 is 11.9 Å². The van der Waals surface area contributed by atoms with Crippen LogP contribution in [0.3, 0.4) is 0 Å². The van der Waals surface area contributed by atoms with E-state index in [1.54, 1.807) is 0 Å². The molecule has 0 saturated carbocycles. The van der Waals surface area contributed by atoms with E-state index < -0.39 is 4.84 Å². The molecule has 0 atom stereocenters. The van der Waals surface area contributed by atoms with E-state index in [0.29, 0.717) is 25.9 Å². The monoisotopic (exact) mass is 452 g/mol. The van der Waals surface area contributed by atoms with Gasteiger partial charge in [0.1, 0.15) is 11.4 Å². The lowest BCUT2D eigenvalue weighted by atomic mass is 10.0. The fourth-order valence-electron chi connectivity index (χ4n) is 3.14. The van der Waals surface area contributed by atoms with Crippen molar-refractivity contribution >= 4 is 35.1 Å². The molecule has 0 aromatic rings. The van der Waals surface area contributed by atoms with Gasteiger partial charge in [0.2, 0.25) is 0 Å². The minimum atomic E-state index is -0.695. The molecular weight excluding hydrogens is 411 g/mol. The van der Waals surface area contributed by atoms with Gasteiger partial charge in [-0.15, -0.1) is 23.2 Å². The number of hydrogen-bond donors (Lipinski definition) is 0. The van der Waals surface area contributed by atoms with Crippen molar-refractivity contribution < 1.29 is 19.1 Å². The van der Waals surface area contributed by atoms with E-state index in [-0.39, 0.29) is 25.0 Å². The topological polar surface area (TPSA) is 52.6 Å². The molecule has 0 radical (unpaired) electrons. The number of halogens is 2. The maximum absolute atomic E-state index is 11.6. The van der Waals surface area contributed by atoms with E-state index in [0.717, 1.165) is 12.8 Å². The average molecular weight is 453 g/mol. The zero-order valence-electron chi connectivity index (χ0n) is 18.4. The minimum absolute atomic E-state index is 0.00309. The van der Waals surface area contributed by atoms with Gasteiger partial charge in [-0.3, -0.25) is 9.59 Å². The maximum atomic E-state index is 11.6. The molecule has 0 aromatic carbocycles. The van der Waals surface area contributed by atoms with Gasteiger partial charge < -0.3 is 9.47 Å². The third kappa shape index (κ3) is 23.7. The molecule has 172 valence electrons. The third-order valence-corrected chi connectivity index (χ3v) is 5.15. The van der Waals surface area contributed by atoms with Crippen molar-refractivity contribution in [3.63, 3.8) is 0 Å². The summed E-state index contributed by atoms with van der Waals surface area (Å²) in [5, 5.41) is 0. The fourth-order valence-corrected chi connectivity index (χ4v) is 3.27. The predicted molar refractivity (Wildman–Crippen MR) is 122 cm³/mol. The molecular formula is C23H42Cl2O4. The zero-order chi connectivity index (χ0) is 21.6. The quantitative estimate of drug-likeness (QED) is 0.102. The molecule has 0 aliphatic heterocycles. The number of carbonyl (C=O) groups is 2. The first kappa shape index (κ1) is 28.5. The van der Waals surface area contributed by atoms with Crippen LogP contribution in [-0.4, -0.2) is 30.0 Å². The molecule has 6 heteroatoms. The number of alkyl halides is 2. The summed E-state index contributed by atoms with van der Waals surface area (Å²) >= 11 is 11.0. The van der Waals surface area contributed by atoms with Crippen LogP contribution in [-0.2, 0) is 19.1 Å². The second-order valence-electron chi connectivity index (χ2n) is 7.74. The molecule has 0 unspecified atom stereocenters. The van der Waals surface area contributed by atoms with Crippen LogP contribution in [0.1, 0.15) is 116 Å². The van der Waals surface area contributed by atoms with Crippen molar-refractivity contribution in [2.75, 3.05) is 13.2 Å². The van der Waals surface area contributed by atoms with Crippen LogP contribution >= 0.6 is 23.2 Å². The summed E-state index contributed by atoms with van der Waals surface area (Å²) in [5.41, 5.74) is 0. The number of esters is 2. The summed E-state index contributed by atoms with van der Waals surface area (Å²) in [5.74, 6) is -0.518.